The van der Waals surface area contributed by atoms with Crippen molar-refractivity contribution in [2.24, 2.45) is 0 Å². The summed E-state index contributed by atoms with van der Waals surface area (Å²) in [6.07, 6.45) is 2.60. The van der Waals surface area contributed by atoms with E-state index in [4.69, 9.17) is 4.74 Å². The van der Waals surface area contributed by atoms with Crippen LogP contribution in [0.1, 0.15) is 56.4 Å². The van der Waals surface area contributed by atoms with E-state index >= 15 is 0 Å². The third kappa shape index (κ3) is 5.81. The Balaban J connectivity index is 1.46. The number of benzene rings is 3. The number of ether oxygens (including phenoxy) is 1. The minimum absolute atomic E-state index is 0.149. The first-order valence-corrected chi connectivity index (χ1v) is 14.3. The zero-order chi connectivity index (χ0) is 25.6. The van der Waals surface area contributed by atoms with Crippen LogP contribution < -0.4 is 5.32 Å². The molecule has 1 N–H and O–H groups in total. The summed E-state index contributed by atoms with van der Waals surface area (Å²) < 4.78 is 5.44. The van der Waals surface area contributed by atoms with Gasteiger partial charge in [-0.25, -0.2) is 4.79 Å². The molecule has 1 amide bonds. The Labute approximate surface area is 226 Å². The molecule has 0 fully saturated rings. The standard InChI is InChI=1S/C31H29NO3S2/c1-2-35-31(34)27-25-19-18-23(21-12-6-3-7-13-21)20-26(25)37-30(27)32-29(33)28(22-14-8-4-9-15-22)36-24-16-10-5-11-17-24/h3-17,23,28H,2,18-20H2,1H3,(H,32,33)/t23-,28+/m0/s1. The van der Waals surface area contributed by atoms with Crippen LogP contribution in [0.2, 0.25) is 0 Å². The van der Waals surface area contributed by atoms with Crippen molar-refractivity contribution in [1.82, 2.24) is 0 Å². The molecule has 0 bridgehead atoms. The second kappa shape index (κ2) is 11.8. The molecule has 188 valence electrons. The number of carbonyl (C=O) groups is 2. The number of nitrogens with one attached hydrogen (secondary N) is 1. The minimum atomic E-state index is -0.463. The first-order chi connectivity index (χ1) is 18.1. The molecule has 3 aromatic carbocycles. The number of hydrogen-bond acceptors (Lipinski definition) is 5. The Kier molecular flexibility index (Phi) is 8.07. The van der Waals surface area contributed by atoms with Gasteiger partial charge in [-0.3, -0.25) is 4.79 Å². The van der Waals surface area contributed by atoms with Gasteiger partial charge in [-0.1, -0.05) is 78.9 Å². The van der Waals surface area contributed by atoms with Crippen LogP contribution in [0, 0.1) is 0 Å². The highest BCUT2D eigenvalue weighted by Gasteiger charge is 2.32. The first kappa shape index (κ1) is 25.3. The Morgan fingerprint density at radius 3 is 2.30 bits per heavy atom. The fourth-order valence-corrected chi connectivity index (χ4v) is 7.18. The van der Waals surface area contributed by atoms with Crippen LogP contribution in [0.25, 0.3) is 0 Å². The van der Waals surface area contributed by atoms with Crippen LogP contribution in [0.5, 0.6) is 0 Å². The van der Waals surface area contributed by atoms with Crippen molar-refractivity contribution >= 4 is 40.0 Å². The van der Waals surface area contributed by atoms with Crippen LogP contribution in [0.15, 0.2) is 95.9 Å². The molecule has 0 radical (unpaired) electrons. The summed E-state index contributed by atoms with van der Waals surface area (Å²) in [5.74, 6) is -0.110. The lowest BCUT2D eigenvalue weighted by Crippen LogP contribution is -2.20. The van der Waals surface area contributed by atoms with Crippen LogP contribution >= 0.6 is 23.1 Å². The molecule has 37 heavy (non-hydrogen) atoms. The Morgan fingerprint density at radius 2 is 1.62 bits per heavy atom. The lowest BCUT2D eigenvalue weighted by molar-refractivity contribution is -0.115. The summed E-state index contributed by atoms with van der Waals surface area (Å²) in [6.45, 7) is 2.10. The van der Waals surface area contributed by atoms with Crippen molar-refractivity contribution in [3.8, 4) is 0 Å². The highest BCUT2D eigenvalue weighted by atomic mass is 32.2. The molecule has 1 heterocycles. The summed E-state index contributed by atoms with van der Waals surface area (Å²) in [4.78, 5) is 29.0. The molecule has 5 rings (SSSR count). The molecule has 1 aliphatic carbocycles. The van der Waals surface area contributed by atoms with E-state index in [-0.39, 0.29) is 11.9 Å². The predicted molar refractivity (Wildman–Crippen MR) is 152 cm³/mol. The van der Waals surface area contributed by atoms with Crippen LogP contribution in [-0.2, 0) is 22.4 Å². The molecule has 4 nitrogen and oxygen atoms in total. The Hall–Kier alpha value is -3.35. The summed E-state index contributed by atoms with van der Waals surface area (Å²) in [7, 11) is 0. The van der Waals surface area contributed by atoms with E-state index in [1.54, 1.807) is 0 Å². The number of thiophene rings is 1. The van der Waals surface area contributed by atoms with Crippen molar-refractivity contribution < 1.29 is 14.3 Å². The van der Waals surface area contributed by atoms with Crippen molar-refractivity contribution in [2.45, 2.75) is 42.2 Å². The van der Waals surface area contributed by atoms with Gasteiger partial charge in [0.25, 0.3) is 0 Å². The fourth-order valence-electron chi connectivity index (χ4n) is 4.82. The van der Waals surface area contributed by atoms with Gasteiger partial charge in [0.15, 0.2) is 0 Å². The van der Waals surface area contributed by atoms with Crippen LogP contribution in [0.3, 0.4) is 0 Å². The molecule has 0 saturated carbocycles. The average molecular weight is 528 g/mol. The summed E-state index contributed by atoms with van der Waals surface area (Å²) in [6, 6.07) is 30.2. The maximum Gasteiger partial charge on any atom is 0.341 e. The summed E-state index contributed by atoms with van der Waals surface area (Å²) in [5, 5.41) is 3.27. The van der Waals surface area contributed by atoms with Crippen molar-refractivity contribution in [3.63, 3.8) is 0 Å². The highest BCUT2D eigenvalue weighted by molar-refractivity contribution is 8.00. The smallest absolute Gasteiger partial charge is 0.341 e. The third-order valence-corrected chi connectivity index (χ3v) is 9.03. The van der Waals surface area contributed by atoms with Gasteiger partial charge in [0.1, 0.15) is 10.3 Å². The topological polar surface area (TPSA) is 55.4 Å². The lowest BCUT2D eigenvalue weighted by atomic mass is 9.83. The zero-order valence-corrected chi connectivity index (χ0v) is 22.3. The molecule has 0 unspecified atom stereocenters. The molecule has 2 atom stereocenters. The van der Waals surface area contributed by atoms with Gasteiger partial charge < -0.3 is 10.1 Å². The maximum absolute atomic E-state index is 13.8. The number of rotatable bonds is 8. The van der Waals surface area contributed by atoms with E-state index in [0.717, 1.165) is 40.2 Å². The number of carbonyl (C=O) groups excluding carboxylic acids is 2. The van der Waals surface area contributed by atoms with E-state index in [1.165, 1.54) is 28.7 Å². The lowest BCUT2D eigenvalue weighted by Gasteiger charge is -2.23. The number of esters is 1. The monoisotopic (exact) mass is 527 g/mol. The fraction of sp³-hybridized carbons (Fsp3) is 0.226. The van der Waals surface area contributed by atoms with Crippen LogP contribution in [-0.4, -0.2) is 18.5 Å². The number of fused-ring (bicyclic) bond motifs is 1. The maximum atomic E-state index is 13.8. The summed E-state index contributed by atoms with van der Waals surface area (Å²) >= 11 is 3.02. The molecule has 0 aliphatic heterocycles. The first-order valence-electron chi connectivity index (χ1n) is 12.6. The Morgan fingerprint density at radius 1 is 0.973 bits per heavy atom. The van der Waals surface area contributed by atoms with E-state index in [2.05, 4.69) is 29.6 Å². The number of anilines is 1. The average Bonchev–Trinajstić information content (AvgIpc) is 3.30. The Bertz CT molecular complexity index is 1350. The second-order valence-corrected chi connectivity index (χ2v) is 11.3. The van der Waals surface area contributed by atoms with Gasteiger partial charge in [0, 0.05) is 9.77 Å². The van der Waals surface area contributed by atoms with Crippen molar-refractivity contribution in [2.75, 3.05) is 11.9 Å². The normalized spacial score (nSPS) is 15.4. The number of amides is 1. The molecule has 1 aliphatic rings. The van der Waals surface area contributed by atoms with E-state index in [0.29, 0.717) is 23.1 Å². The van der Waals surface area contributed by atoms with Gasteiger partial charge in [0.2, 0.25) is 5.91 Å². The van der Waals surface area contributed by atoms with Crippen molar-refractivity contribution in [3.05, 3.63) is 118 Å². The molecule has 4 aromatic rings. The van der Waals surface area contributed by atoms with Gasteiger partial charge in [0.05, 0.1) is 12.2 Å². The highest BCUT2D eigenvalue weighted by Crippen LogP contribution is 2.44. The summed E-state index contributed by atoms with van der Waals surface area (Å²) in [5.41, 5.74) is 3.78. The van der Waals surface area contributed by atoms with E-state index in [9.17, 15) is 9.59 Å². The van der Waals surface area contributed by atoms with Gasteiger partial charge in [-0.2, -0.15) is 0 Å². The van der Waals surface area contributed by atoms with Gasteiger partial charge in [-0.15, -0.1) is 23.1 Å². The largest absolute Gasteiger partial charge is 0.462 e. The van der Waals surface area contributed by atoms with Crippen molar-refractivity contribution in [1.29, 1.82) is 0 Å². The van der Waals surface area contributed by atoms with E-state index < -0.39 is 5.25 Å². The number of thioether (sulfide) groups is 1. The molecule has 0 spiro atoms. The van der Waals surface area contributed by atoms with Crippen LogP contribution in [0.4, 0.5) is 5.00 Å². The molecular formula is C31H29NO3S2. The molecule has 0 saturated heterocycles. The minimum Gasteiger partial charge on any atom is -0.462 e. The zero-order valence-electron chi connectivity index (χ0n) is 20.7. The quantitative estimate of drug-likeness (QED) is 0.189. The predicted octanol–water partition coefficient (Wildman–Crippen LogP) is 7.67. The third-order valence-electron chi connectivity index (χ3n) is 6.59. The SMILES string of the molecule is CCOC(=O)c1c(NC(=O)[C@H](Sc2ccccc2)c2ccccc2)sc2c1CC[C@H](c1ccccc1)C2. The second-order valence-electron chi connectivity index (χ2n) is 8.99. The van der Waals surface area contributed by atoms with E-state index in [1.807, 2.05) is 73.7 Å². The molecule has 6 heteroatoms. The number of hydrogen-bond donors (Lipinski definition) is 1. The van der Waals surface area contributed by atoms with Gasteiger partial charge >= 0.3 is 5.97 Å². The van der Waals surface area contributed by atoms with Gasteiger partial charge in [-0.05, 0) is 60.9 Å². The molecular weight excluding hydrogens is 498 g/mol. The molecule has 1 aromatic heterocycles.